The Morgan fingerprint density at radius 3 is 2.11 bits per heavy atom. The van der Waals surface area contributed by atoms with Crippen LogP contribution in [0.4, 0.5) is 22.0 Å². The SMILES string of the molecule is O=C(Cc1n[nH]c(=O)c2ccccc12)OCc1c(F)c(F)c(F)c(F)c1F. The normalized spacial score (nSPS) is 11.0. The molecule has 10 heteroatoms. The number of esters is 1. The molecule has 0 aliphatic rings. The Kier molecular flexibility index (Phi) is 4.89. The lowest BCUT2D eigenvalue weighted by molar-refractivity contribution is -0.144. The van der Waals surface area contributed by atoms with Gasteiger partial charge in [0.25, 0.3) is 5.56 Å². The van der Waals surface area contributed by atoms with Crippen LogP contribution in [0.5, 0.6) is 0 Å². The summed E-state index contributed by atoms with van der Waals surface area (Å²) in [5.74, 6) is -11.8. The standard InChI is InChI=1S/C17H9F5N2O3/c18-12-9(13(19)15(21)16(22)14(12)20)6-27-11(25)5-10-7-3-1-2-4-8(7)17(26)24-23-10/h1-4H,5-6H2,(H,24,26). The van der Waals surface area contributed by atoms with E-state index in [4.69, 9.17) is 0 Å². The molecule has 0 saturated carbocycles. The minimum Gasteiger partial charge on any atom is -0.460 e. The number of nitrogens with zero attached hydrogens (tertiary/aromatic N) is 1. The molecule has 3 rings (SSSR count). The van der Waals surface area contributed by atoms with Gasteiger partial charge in [0.05, 0.1) is 23.1 Å². The molecule has 2 aromatic carbocycles. The van der Waals surface area contributed by atoms with Crippen molar-refractivity contribution in [3.63, 3.8) is 0 Å². The molecule has 1 heterocycles. The Hall–Kier alpha value is -3.30. The third-order valence-electron chi connectivity index (χ3n) is 3.76. The molecule has 0 aliphatic carbocycles. The second-order valence-corrected chi connectivity index (χ2v) is 5.43. The summed E-state index contributed by atoms with van der Waals surface area (Å²) in [6, 6.07) is 6.24. The highest BCUT2D eigenvalue weighted by Crippen LogP contribution is 2.23. The van der Waals surface area contributed by atoms with E-state index in [1.165, 1.54) is 12.1 Å². The third kappa shape index (κ3) is 3.37. The maximum atomic E-state index is 13.6. The van der Waals surface area contributed by atoms with Gasteiger partial charge in [0.1, 0.15) is 6.61 Å². The van der Waals surface area contributed by atoms with E-state index in [1.54, 1.807) is 12.1 Å². The van der Waals surface area contributed by atoms with E-state index in [0.717, 1.165) is 0 Å². The Bertz CT molecular complexity index is 1080. The summed E-state index contributed by atoms with van der Waals surface area (Å²) in [4.78, 5) is 23.6. The number of hydrogen-bond donors (Lipinski definition) is 1. The van der Waals surface area contributed by atoms with Crippen LogP contribution >= 0.6 is 0 Å². The lowest BCUT2D eigenvalue weighted by Gasteiger charge is -2.09. The van der Waals surface area contributed by atoms with Gasteiger partial charge in [-0.3, -0.25) is 9.59 Å². The van der Waals surface area contributed by atoms with Gasteiger partial charge in [0.15, 0.2) is 23.3 Å². The van der Waals surface area contributed by atoms with Gasteiger partial charge in [-0.2, -0.15) is 5.10 Å². The molecule has 0 unspecified atom stereocenters. The smallest absolute Gasteiger partial charge is 0.312 e. The second-order valence-electron chi connectivity index (χ2n) is 5.43. The van der Waals surface area contributed by atoms with Crippen molar-refractivity contribution in [3.8, 4) is 0 Å². The van der Waals surface area contributed by atoms with Gasteiger partial charge in [-0.15, -0.1) is 0 Å². The minimum absolute atomic E-state index is 0.118. The average molecular weight is 384 g/mol. The highest BCUT2D eigenvalue weighted by Gasteiger charge is 2.26. The predicted molar refractivity (Wildman–Crippen MR) is 82.1 cm³/mol. The van der Waals surface area contributed by atoms with Crippen LogP contribution in [0.3, 0.4) is 0 Å². The van der Waals surface area contributed by atoms with Gasteiger partial charge in [0, 0.05) is 5.39 Å². The van der Waals surface area contributed by atoms with Gasteiger partial charge in [-0.1, -0.05) is 18.2 Å². The van der Waals surface area contributed by atoms with E-state index in [2.05, 4.69) is 14.9 Å². The summed E-state index contributed by atoms with van der Waals surface area (Å²) < 4.78 is 71.0. The molecule has 0 saturated heterocycles. The van der Waals surface area contributed by atoms with Crippen LogP contribution < -0.4 is 5.56 Å². The zero-order valence-electron chi connectivity index (χ0n) is 13.3. The Morgan fingerprint density at radius 1 is 0.926 bits per heavy atom. The average Bonchev–Trinajstić information content (AvgIpc) is 2.67. The van der Waals surface area contributed by atoms with E-state index < -0.39 is 59.2 Å². The number of carbonyl (C=O) groups is 1. The predicted octanol–water partition coefficient (Wildman–Crippen LogP) is 2.90. The Balaban J connectivity index is 1.81. The molecule has 0 fully saturated rings. The molecule has 0 radical (unpaired) electrons. The van der Waals surface area contributed by atoms with Gasteiger partial charge in [0.2, 0.25) is 5.82 Å². The zero-order chi connectivity index (χ0) is 19.7. The van der Waals surface area contributed by atoms with Crippen molar-refractivity contribution in [2.75, 3.05) is 0 Å². The highest BCUT2D eigenvalue weighted by atomic mass is 19.2. The van der Waals surface area contributed by atoms with Crippen molar-refractivity contribution in [2.45, 2.75) is 13.0 Å². The van der Waals surface area contributed by atoms with Gasteiger partial charge < -0.3 is 4.74 Å². The molecular weight excluding hydrogens is 375 g/mol. The van der Waals surface area contributed by atoms with Crippen molar-refractivity contribution >= 4 is 16.7 Å². The van der Waals surface area contributed by atoms with Crippen LogP contribution in [0.25, 0.3) is 10.8 Å². The molecular formula is C17H9F5N2O3. The number of halogens is 5. The first kappa shape index (κ1) is 18.5. The van der Waals surface area contributed by atoms with Crippen molar-refractivity contribution < 1.29 is 31.5 Å². The maximum Gasteiger partial charge on any atom is 0.312 e. The first-order valence-corrected chi connectivity index (χ1v) is 7.43. The number of nitrogens with one attached hydrogen (secondary N) is 1. The van der Waals surface area contributed by atoms with Crippen LogP contribution in [0.2, 0.25) is 0 Å². The molecule has 1 aromatic heterocycles. The molecule has 0 bridgehead atoms. The molecule has 140 valence electrons. The molecule has 5 nitrogen and oxygen atoms in total. The van der Waals surface area contributed by atoms with E-state index in [0.29, 0.717) is 5.39 Å². The lowest BCUT2D eigenvalue weighted by Crippen LogP contribution is -2.16. The Labute approximate surface area is 147 Å². The van der Waals surface area contributed by atoms with E-state index in [-0.39, 0.29) is 11.1 Å². The van der Waals surface area contributed by atoms with E-state index in [9.17, 15) is 31.5 Å². The van der Waals surface area contributed by atoms with Gasteiger partial charge in [-0.25, -0.2) is 27.1 Å². The number of carbonyl (C=O) groups excluding carboxylic acids is 1. The maximum absolute atomic E-state index is 13.6. The number of aromatic nitrogens is 2. The number of rotatable bonds is 4. The molecule has 3 aromatic rings. The van der Waals surface area contributed by atoms with E-state index >= 15 is 0 Å². The number of aromatic amines is 1. The van der Waals surface area contributed by atoms with Crippen LogP contribution in [0.1, 0.15) is 11.3 Å². The number of ether oxygens (including phenoxy) is 1. The van der Waals surface area contributed by atoms with Gasteiger partial charge in [-0.05, 0) is 6.07 Å². The first-order chi connectivity index (χ1) is 12.8. The van der Waals surface area contributed by atoms with Crippen LogP contribution in [-0.2, 0) is 22.6 Å². The fraction of sp³-hybridized carbons (Fsp3) is 0.118. The van der Waals surface area contributed by atoms with Crippen molar-refractivity contribution in [2.24, 2.45) is 0 Å². The summed E-state index contributed by atoms with van der Waals surface area (Å²) in [5, 5.41) is 6.52. The van der Waals surface area contributed by atoms with E-state index in [1.807, 2.05) is 0 Å². The summed E-state index contributed by atoms with van der Waals surface area (Å²) in [7, 11) is 0. The number of hydrogen-bond acceptors (Lipinski definition) is 4. The first-order valence-electron chi connectivity index (χ1n) is 7.43. The van der Waals surface area contributed by atoms with Crippen molar-refractivity contribution in [1.82, 2.24) is 10.2 Å². The number of H-pyrrole nitrogens is 1. The Morgan fingerprint density at radius 2 is 1.48 bits per heavy atom. The van der Waals surface area contributed by atoms with Crippen LogP contribution in [-0.4, -0.2) is 16.2 Å². The molecule has 1 N–H and O–H groups in total. The largest absolute Gasteiger partial charge is 0.460 e. The summed E-state index contributed by atoms with van der Waals surface area (Å²) in [6.45, 7) is -1.16. The molecule has 0 amide bonds. The molecule has 0 spiro atoms. The van der Waals surface area contributed by atoms with Crippen LogP contribution in [0.15, 0.2) is 29.1 Å². The van der Waals surface area contributed by atoms with Gasteiger partial charge >= 0.3 is 5.97 Å². The fourth-order valence-electron chi connectivity index (χ4n) is 2.42. The molecule has 27 heavy (non-hydrogen) atoms. The molecule has 0 atom stereocenters. The summed E-state index contributed by atoms with van der Waals surface area (Å²) in [6.07, 6.45) is -0.493. The number of benzene rings is 2. The zero-order valence-corrected chi connectivity index (χ0v) is 13.3. The fourth-order valence-corrected chi connectivity index (χ4v) is 2.42. The summed E-state index contributed by atoms with van der Waals surface area (Å²) >= 11 is 0. The van der Waals surface area contributed by atoms with Crippen molar-refractivity contribution in [3.05, 3.63) is 75.0 Å². The van der Waals surface area contributed by atoms with Crippen LogP contribution in [0, 0.1) is 29.1 Å². The lowest BCUT2D eigenvalue weighted by atomic mass is 10.1. The monoisotopic (exact) mass is 384 g/mol. The third-order valence-corrected chi connectivity index (χ3v) is 3.76. The minimum atomic E-state index is -2.30. The van der Waals surface area contributed by atoms with Crippen molar-refractivity contribution in [1.29, 1.82) is 0 Å². The second kappa shape index (κ2) is 7.14. The molecule has 0 aliphatic heterocycles. The highest BCUT2D eigenvalue weighted by molar-refractivity contribution is 5.86. The topological polar surface area (TPSA) is 72.0 Å². The quantitative estimate of drug-likeness (QED) is 0.325. The number of fused-ring (bicyclic) bond motifs is 1. The summed E-state index contributed by atoms with van der Waals surface area (Å²) in [5.41, 5.74) is -1.63.